The Bertz CT molecular complexity index is 543. The minimum atomic E-state index is -0.289. The second-order valence-corrected chi connectivity index (χ2v) is 4.88. The third-order valence-corrected chi connectivity index (χ3v) is 3.18. The molecule has 4 nitrogen and oxygen atoms in total. The van der Waals surface area contributed by atoms with E-state index in [2.05, 4.69) is 10.6 Å². The van der Waals surface area contributed by atoms with Crippen LogP contribution in [-0.2, 0) is 13.0 Å². The first kappa shape index (κ1) is 15.1. The second-order valence-electron chi connectivity index (χ2n) is 4.88. The van der Waals surface area contributed by atoms with Crippen LogP contribution in [0, 0.1) is 0 Å². The molecule has 0 unspecified atom stereocenters. The van der Waals surface area contributed by atoms with E-state index in [1.807, 2.05) is 60.7 Å². The Morgan fingerprint density at radius 2 is 1.52 bits per heavy atom. The van der Waals surface area contributed by atoms with Gasteiger partial charge in [0.15, 0.2) is 0 Å². The van der Waals surface area contributed by atoms with Crippen molar-refractivity contribution in [1.82, 2.24) is 10.6 Å². The number of rotatable bonds is 6. The minimum Gasteiger partial charge on any atom is -0.394 e. The van der Waals surface area contributed by atoms with Gasteiger partial charge < -0.3 is 15.7 Å². The predicted octanol–water partition coefficient (Wildman–Crippen LogP) is 2.09. The molecular formula is C17H20N2O2. The molecule has 0 saturated carbocycles. The summed E-state index contributed by atoms with van der Waals surface area (Å²) in [6.07, 6.45) is 0.607. The van der Waals surface area contributed by atoms with Gasteiger partial charge in [0.2, 0.25) is 0 Å². The van der Waals surface area contributed by atoms with Crippen molar-refractivity contribution in [3.63, 3.8) is 0 Å². The van der Waals surface area contributed by atoms with Crippen molar-refractivity contribution < 1.29 is 9.90 Å². The molecule has 0 aliphatic heterocycles. The lowest BCUT2D eigenvalue weighted by atomic mass is 10.1. The first-order chi connectivity index (χ1) is 10.3. The Kier molecular flexibility index (Phi) is 5.79. The molecule has 0 bridgehead atoms. The fourth-order valence-electron chi connectivity index (χ4n) is 2.07. The Hall–Kier alpha value is -2.33. The van der Waals surface area contributed by atoms with Crippen LogP contribution in [0.4, 0.5) is 4.79 Å². The van der Waals surface area contributed by atoms with Crippen molar-refractivity contribution in [1.29, 1.82) is 0 Å². The van der Waals surface area contributed by atoms with Crippen LogP contribution in [0.3, 0.4) is 0 Å². The fourth-order valence-corrected chi connectivity index (χ4v) is 2.07. The lowest BCUT2D eigenvalue weighted by molar-refractivity contribution is 0.215. The summed E-state index contributed by atoms with van der Waals surface area (Å²) in [5, 5.41) is 15.0. The van der Waals surface area contributed by atoms with Crippen LogP contribution in [-0.4, -0.2) is 23.8 Å². The molecule has 0 fully saturated rings. The number of carbonyl (C=O) groups excluding carboxylic acids is 1. The molecule has 3 N–H and O–H groups in total. The number of urea groups is 1. The number of nitrogens with one attached hydrogen (secondary N) is 2. The lowest BCUT2D eigenvalue weighted by Crippen LogP contribution is -2.44. The molecule has 0 heterocycles. The Balaban J connectivity index is 1.80. The van der Waals surface area contributed by atoms with E-state index >= 15 is 0 Å². The maximum absolute atomic E-state index is 11.8. The molecule has 0 aliphatic carbocycles. The van der Waals surface area contributed by atoms with E-state index in [1.165, 1.54) is 0 Å². The largest absolute Gasteiger partial charge is 0.394 e. The summed E-state index contributed by atoms with van der Waals surface area (Å²) in [4.78, 5) is 11.8. The van der Waals surface area contributed by atoms with Crippen LogP contribution in [0.1, 0.15) is 11.1 Å². The number of amides is 2. The molecule has 2 amide bonds. The van der Waals surface area contributed by atoms with Crippen molar-refractivity contribution >= 4 is 6.03 Å². The molecule has 0 aliphatic rings. The van der Waals surface area contributed by atoms with Crippen LogP contribution in [0.25, 0.3) is 0 Å². The summed E-state index contributed by atoms with van der Waals surface area (Å²) in [7, 11) is 0. The molecule has 1 atom stereocenters. The minimum absolute atomic E-state index is 0.0896. The molecule has 2 aromatic rings. The van der Waals surface area contributed by atoms with E-state index in [0.717, 1.165) is 11.1 Å². The molecule has 0 radical (unpaired) electrons. The fraction of sp³-hybridized carbons (Fsp3) is 0.235. The zero-order valence-corrected chi connectivity index (χ0v) is 11.8. The summed E-state index contributed by atoms with van der Waals surface area (Å²) >= 11 is 0. The average Bonchev–Trinajstić information content (AvgIpc) is 2.54. The van der Waals surface area contributed by atoms with E-state index in [-0.39, 0.29) is 18.7 Å². The van der Waals surface area contributed by atoms with Gasteiger partial charge in [-0.15, -0.1) is 0 Å². The van der Waals surface area contributed by atoms with Crippen molar-refractivity contribution in [2.45, 2.75) is 19.0 Å². The van der Waals surface area contributed by atoms with Gasteiger partial charge in [0.25, 0.3) is 0 Å². The van der Waals surface area contributed by atoms with Gasteiger partial charge in [-0.25, -0.2) is 4.79 Å². The van der Waals surface area contributed by atoms with E-state index in [1.54, 1.807) is 0 Å². The summed E-state index contributed by atoms with van der Waals surface area (Å²) < 4.78 is 0. The Morgan fingerprint density at radius 1 is 0.952 bits per heavy atom. The first-order valence-corrected chi connectivity index (χ1v) is 7.01. The van der Waals surface area contributed by atoms with Gasteiger partial charge in [0.05, 0.1) is 12.6 Å². The highest BCUT2D eigenvalue weighted by Crippen LogP contribution is 2.03. The van der Waals surface area contributed by atoms with E-state index < -0.39 is 0 Å². The Morgan fingerprint density at radius 3 is 2.10 bits per heavy atom. The van der Waals surface area contributed by atoms with Crippen LogP contribution in [0.5, 0.6) is 0 Å². The quantitative estimate of drug-likeness (QED) is 0.760. The highest BCUT2D eigenvalue weighted by molar-refractivity contribution is 5.74. The van der Waals surface area contributed by atoms with Gasteiger partial charge in [0.1, 0.15) is 0 Å². The van der Waals surface area contributed by atoms with Crippen LogP contribution >= 0.6 is 0 Å². The van der Waals surface area contributed by atoms with E-state index in [4.69, 9.17) is 0 Å². The predicted molar refractivity (Wildman–Crippen MR) is 82.8 cm³/mol. The van der Waals surface area contributed by atoms with Gasteiger partial charge in [0, 0.05) is 6.54 Å². The zero-order chi connectivity index (χ0) is 14.9. The summed E-state index contributed by atoms with van der Waals surface area (Å²) in [6.45, 7) is 0.379. The number of hydrogen-bond donors (Lipinski definition) is 3. The highest BCUT2D eigenvalue weighted by Gasteiger charge is 2.11. The number of aliphatic hydroxyl groups excluding tert-OH is 1. The van der Waals surface area contributed by atoms with Crippen molar-refractivity contribution in [3.05, 3.63) is 71.8 Å². The van der Waals surface area contributed by atoms with Crippen molar-refractivity contribution in [2.24, 2.45) is 0 Å². The maximum Gasteiger partial charge on any atom is 0.315 e. The third kappa shape index (κ3) is 5.28. The summed E-state index contributed by atoms with van der Waals surface area (Å²) in [6, 6.07) is 18.9. The van der Waals surface area contributed by atoms with Gasteiger partial charge >= 0.3 is 6.03 Å². The normalized spacial score (nSPS) is 11.7. The van der Waals surface area contributed by atoms with Crippen molar-refractivity contribution in [2.75, 3.05) is 6.61 Å². The first-order valence-electron chi connectivity index (χ1n) is 7.01. The number of carbonyl (C=O) groups is 1. The van der Waals surface area contributed by atoms with Gasteiger partial charge in [-0.3, -0.25) is 0 Å². The topological polar surface area (TPSA) is 61.4 Å². The van der Waals surface area contributed by atoms with Crippen LogP contribution in [0.15, 0.2) is 60.7 Å². The highest BCUT2D eigenvalue weighted by atomic mass is 16.3. The zero-order valence-electron chi connectivity index (χ0n) is 11.8. The van der Waals surface area contributed by atoms with Crippen molar-refractivity contribution in [3.8, 4) is 0 Å². The third-order valence-electron chi connectivity index (χ3n) is 3.18. The number of benzene rings is 2. The summed E-state index contributed by atoms with van der Waals surface area (Å²) in [5.74, 6) is 0. The maximum atomic E-state index is 11.8. The molecule has 21 heavy (non-hydrogen) atoms. The molecule has 4 heteroatoms. The van der Waals surface area contributed by atoms with Gasteiger partial charge in [-0.2, -0.15) is 0 Å². The molecule has 0 aromatic heterocycles. The number of aliphatic hydroxyl groups is 1. The van der Waals surface area contributed by atoms with Crippen LogP contribution in [0.2, 0.25) is 0 Å². The van der Waals surface area contributed by atoms with Gasteiger partial charge in [-0.05, 0) is 17.5 Å². The van der Waals surface area contributed by atoms with E-state index in [0.29, 0.717) is 13.0 Å². The smallest absolute Gasteiger partial charge is 0.315 e. The molecule has 2 rings (SSSR count). The van der Waals surface area contributed by atoms with Gasteiger partial charge in [-0.1, -0.05) is 60.7 Å². The monoisotopic (exact) mass is 284 g/mol. The van der Waals surface area contributed by atoms with E-state index in [9.17, 15) is 9.90 Å². The standard InChI is InChI=1S/C17H20N2O2/c20-13-16(11-14-7-3-1-4-8-14)19-17(21)18-12-15-9-5-2-6-10-15/h1-10,16,20H,11-13H2,(H2,18,19,21)/t16-/m0/s1. The molecule has 0 spiro atoms. The SMILES string of the molecule is O=C(NCc1ccccc1)N[C@H](CO)Cc1ccccc1. The molecule has 2 aromatic carbocycles. The number of hydrogen-bond acceptors (Lipinski definition) is 2. The Labute approximate surface area is 124 Å². The molecule has 110 valence electrons. The molecule has 0 saturated heterocycles. The summed E-state index contributed by atoms with van der Waals surface area (Å²) in [5.41, 5.74) is 2.12. The molecular weight excluding hydrogens is 264 g/mol. The average molecular weight is 284 g/mol. The lowest BCUT2D eigenvalue weighted by Gasteiger charge is -2.17. The second kappa shape index (κ2) is 8.07. The van der Waals surface area contributed by atoms with Crippen LogP contribution < -0.4 is 10.6 Å².